The Bertz CT molecular complexity index is 325. The SMILES string of the molecule is Clc1cc(C(Cl)CCC2CCCC2)sc1Br. The molecule has 1 atom stereocenters. The molecule has 1 aliphatic rings. The van der Waals surface area contributed by atoms with Gasteiger partial charge in [0.1, 0.15) is 0 Å². The molecule has 0 saturated heterocycles. The summed E-state index contributed by atoms with van der Waals surface area (Å²) in [5.41, 5.74) is 0. The lowest BCUT2D eigenvalue weighted by atomic mass is 10.0. The Kier molecular flexibility index (Phi) is 5.02. The van der Waals surface area contributed by atoms with E-state index < -0.39 is 0 Å². The minimum Gasteiger partial charge on any atom is -0.130 e. The standard InChI is InChI=1S/C12H15BrCl2S/c13-12-10(15)7-11(16-12)9(14)6-5-8-3-1-2-4-8/h7-9H,1-6H2. The molecule has 90 valence electrons. The van der Waals surface area contributed by atoms with Crippen molar-refractivity contribution in [3.05, 3.63) is 19.8 Å². The Morgan fingerprint density at radius 1 is 1.44 bits per heavy atom. The van der Waals surface area contributed by atoms with E-state index in [1.807, 2.05) is 6.07 Å². The number of hydrogen-bond donors (Lipinski definition) is 0. The molecule has 0 aliphatic heterocycles. The van der Waals surface area contributed by atoms with E-state index in [4.69, 9.17) is 23.2 Å². The molecule has 0 aromatic carbocycles. The fraction of sp³-hybridized carbons (Fsp3) is 0.667. The van der Waals surface area contributed by atoms with Gasteiger partial charge in [-0.2, -0.15) is 0 Å². The van der Waals surface area contributed by atoms with Gasteiger partial charge in [0.15, 0.2) is 0 Å². The number of thiophene rings is 1. The third kappa shape index (κ3) is 3.38. The van der Waals surface area contributed by atoms with Gasteiger partial charge in [0.2, 0.25) is 0 Å². The highest BCUT2D eigenvalue weighted by atomic mass is 79.9. The van der Waals surface area contributed by atoms with Gasteiger partial charge in [-0.15, -0.1) is 22.9 Å². The zero-order chi connectivity index (χ0) is 11.5. The van der Waals surface area contributed by atoms with Crippen LogP contribution in [0.15, 0.2) is 9.85 Å². The maximum atomic E-state index is 6.40. The second kappa shape index (κ2) is 6.08. The molecule has 0 N–H and O–H groups in total. The largest absolute Gasteiger partial charge is 0.130 e. The third-order valence-electron chi connectivity index (χ3n) is 3.28. The molecular weight excluding hydrogens is 327 g/mol. The van der Waals surface area contributed by atoms with Gasteiger partial charge in [-0.3, -0.25) is 0 Å². The monoisotopic (exact) mass is 340 g/mol. The van der Waals surface area contributed by atoms with Gasteiger partial charge in [0.25, 0.3) is 0 Å². The summed E-state index contributed by atoms with van der Waals surface area (Å²) in [5.74, 6) is 0.917. The van der Waals surface area contributed by atoms with Crippen molar-refractivity contribution in [2.75, 3.05) is 0 Å². The Morgan fingerprint density at radius 2 is 2.12 bits per heavy atom. The molecule has 1 saturated carbocycles. The number of alkyl halides is 1. The van der Waals surface area contributed by atoms with E-state index in [0.29, 0.717) is 0 Å². The van der Waals surface area contributed by atoms with Crippen LogP contribution in [-0.4, -0.2) is 0 Å². The summed E-state index contributed by atoms with van der Waals surface area (Å²) in [6, 6.07) is 1.99. The minimum absolute atomic E-state index is 0.134. The summed E-state index contributed by atoms with van der Waals surface area (Å²) < 4.78 is 0.996. The van der Waals surface area contributed by atoms with Crippen LogP contribution >= 0.6 is 50.5 Å². The van der Waals surface area contributed by atoms with Gasteiger partial charge in [-0.05, 0) is 40.8 Å². The number of halogens is 3. The Morgan fingerprint density at radius 3 is 2.69 bits per heavy atom. The summed E-state index contributed by atoms with van der Waals surface area (Å²) in [6.07, 6.45) is 7.97. The van der Waals surface area contributed by atoms with Crippen molar-refractivity contribution in [3.8, 4) is 0 Å². The van der Waals surface area contributed by atoms with Crippen molar-refractivity contribution in [2.24, 2.45) is 5.92 Å². The maximum absolute atomic E-state index is 6.40. The van der Waals surface area contributed by atoms with Crippen LogP contribution in [0.2, 0.25) is 5.02 Å². The average molecular weight is 342 g/mol. The maximum Gasteiger partial charge on any atom is 0.0887 e. The lowest BCUT2D eigenvalue weighted by molar-refractivity contribution is 0.481. The van der Waals surface area contributed by atoms with Crippen LogP contribution in [-0.2, 0) is 0 Å². The van der Waals surface area contributed by atoms with E-state index in [-0.39, 0.29) is 5.38 Å². The molecule has 0 radical (unpaired) electrons. The smallest absolute Gasteiger partial charge is 0.0887 e. The first-order valence-electron chi connectivity index (χ1n) is 5.75. The molecule has 1 aromatic heterocycles. The normalized spacial score (nSPS) is 19.2. The van der Waals surface area contributed by atoms with Crippen LogP contribution in [0.1, 0.15) is 48.8 Å². The lowest BCUT2D eigenvalue weighted by Crippen LogP contribution is -1.96. The highest BCUT2D eigenvalue weighted by molar-refractivity contribution is 9.11. The summed E-state index contributed by atoms with van der Waals surface area (Å²) >= 11 is 17.5. The molecule has 1 heterocycles. The van der Waals surface area contributed by atoms with Crippen LogP contribution in [0.25, 0.3) is 0 Å². The molecule has 16 heavy (non-hydrogen) atoms. The van der Waals surface area contributed by atoms with Crippen LogP contribution in [0.3, 0.4) is 0 Å². The van der Waals surface area contributed by atoms with E-state index in [1.165, 1.54) is 37.0 Å². The molecule has 0 spiro atoms. The zero-order valence-corrected chi connectivity index (χ0v) is 12.9. The van der Waals surface area contributed by atoms with Crippen molar-refractivity contribution in [2.45, 2.75) is 43.9 Å². The summed E-state index contributed by atoms with van der Waals surface area (Å²) in [6.45, 7) is 0. The fourth-order valence-electron chi connectivity index (χ4n) is 2.34. The number of hydrogen-bond acceptors (Lipinski definition) is 1. The molecule has 0 bridgehead atoms. The van der Waals surface area contributed by atoms with Gasteiger partial charge in [-0.25, -0.2) is 0 Å². The van der Waals surface area contributed by atoms with Gasteiger partial charge >= 0.3 is 0 Å². The average Bonchev–Trinajstić information content (AvgIpc) is 2.86. The molecule has 0 amide bonds. The van der Waals surface area contributed by atoms with Crippen molar-refractivity contribution in [3.63, 3.8) is 0 Å². The second-order valence-corrected chi connectivity index (χ2v) is 7.80. The molecular formula is C12H15BrCl2S. The van der Waals surface area contributed by atoms with Crippen LogP contribution < -0.4 is 0 Å². The number of rotatable bonds is 4. The Balaban J connectivity index is 1.84. The Labute approximate surface area is 119 Å². The Hall–Kier alpha value is 0.760. The predicted octanol–water partition coefficient (Wildman–Crippen LogP) is 6.41. The first-order valence-corrected chi connectivity index (χ1v) is 8.18. The highest BCUT2D eigenvalue weighted by Gasteiger charge is 2.18. The van der Waals surface area contributed by atoms with Gasteiger partial charge in [0, 0.05) is 4.88 Å². The van der Waals surface area contributed by atoms with E-state index >= 15 is 0 Å². The van der Waals surface area contributed by atoms with E-state index in [2.05, 4.69) is 15.9 Å². The molecule has 1 aliphatic carbocycles. The minimum atomic E-state index is 0.134. The van der Waals surface area contributed by atoms with Crippen molar-refractivity contribution >= 4 is 50.5 Å². The quantitative estimate of drug-likeness (QED) is 0.554. The highest BCUT2D eigenvalue weighted by Crippen LogP contribution is 2.40. The predicted molar refractivity (Wildman–Crippen MR) is 76.8 cm³/mol. The lowest BCUT2D eigenvalue weighted by Gasteiger charge is -2.11. The van der Waals surface area contributed by atoms with Crippen LogP contribution in [0, 0.1) is 5.92 Å². The molecule has 1 fully saturated rings. The zero-order valence-electron chi connectivity index (χ0n) is 9.02. The fourth-order valence-corrected chi connectivity index (χ4v) is 4.42. The molecule has 0 nitrogen and oxygen atoms in total. The molecule has 2 rings (SSSR count). The molecule has 1 aromatic rings. The van der Waals surface area contributed by atoms with Crippen molar-refractivity contribution in [1.82, 2.24) is 0 Å². The van der Waals surface area contributed by atoms with Gasteiger partial charge in [-0.1, -0.05) is 37.3 Å². The van der Waals surface area contributed by atoms with E-state index in [1.54, 1.807) is 11.3 Å². The molecule has 4 heteroatoms. The van der Waals surface area contributed by atoms with E-state index in [9.17, 15) is 0 Å². The van der Waals surface area contributed by atoms with Gasteiger partial charge < -0.3 is 0 Å². The second-order valence-electron chi connectivity index (χ2n) is 4.47. The van der Waals surface area contributed by atoms with E-state index in [0.717, 1.165) is 21.1 Å². The van der Waals surface area contributed by atoms with Gasteiger partial charge in [0.05, 0.1) is 14.2 Å². The third-order valence-corrected chi connectivity index (χ3v) is 6.45. The first kappa shape index (κ1) is 13.2. The van der Waals surface area contributed by atoms with Crippen molar-refractivity contribution < 1.29 is 0 Å². The summed E-state index contributed by atoms with van der Waals surface area (Å²) in [7, 11) is 0. The first-order chi connectivity index (χ1) is 7.66. The summed E-state index contributed by atoms with van der Waals surface area (Å²) in [4.78, 5) is 1.19. The topological polar surface area (TPSA) is 0 Å². The van der Waals surface area contributed by atoms with Crippen molar-refractivity contribution in [1.29, 1.82) is 0 Å². The van der Waals surface area contributed by atoms with Crippen LogP contribution in [0.4, 0.5) is 0 Å². The summed E-state index contributed by atoms with van der Waals surface area (Å²) in [5, 5.41) is 0.918. The van der Waals surface area contributed by atoms with Crippen LogP contribution in [0.5, 0.6) is 0 Å². The molecule has 1 unspecified atom stereocenters.